The largest absolute Gasteiger partial charge is 0.508 e. The molecule has 2 aromatic carbocycles. The van der Waals surface area contributed by atoms with Crippen LogP contribution in [-0.4, -0.2) is 15.8 Å². The van der Waals surface area contributed by atoms with E-state index < -0.39 is 5.60 Å². The zero-order chi connectivity index (χ0) is 14.0. The van der Waals surface area contributed by atoms with E-state index in [4.69, 9.17) is 0 Å². The summed E-state index contributed by atoms with van der Waals surface area (Å²) < 4.78 is 0. The van der Waals surface area contributed by atoms with Gasteiger partial charge >= 0.3 is 0 Å². The van der Waals surface area contributed by atoms with E-state index in [1.54, 1.807) is 6.07 Å². The first-order valence-corrected chi connectivity index (χ1v) is 6.80. The summed E-state index contributed by atoms with van der Waals surface area (Å²) in [7, 11) is 0. The van der Waals surface area contributed by atoms with Crippen LogP contribution >= 0.6 is 0 Å². The maximum absolute atomic E-state index is 9.78. The molecule has 0 radical (unpaired) electrons. The molecule has 2 nitrogen and oxygen atoms in total. The summed E-state index contributed by atoms with van der Waals surface area (Å²) in [5, 5.41) is 21.7. The van der Waals surface area contributed by atoms with Crippen LogP contribution in [0.2, 0.25) is 0 Å². The Morgan fingerprint density at radius 1 is 1.11 bits per heavy atom. The standard InChI is InChI=1S/C17H22O2/c1-12-6-7-13-8-9-14(18)11-16(13)15(12)5-4-10-17(2,3)19/h6-9,11,18-19H,4-5,10H2,1-3H3. The van der Waals surface area contributed by atoms with Crippen molar-refractivity contribution in [2.24, 2.45) is 0 Å². The molecule has 19 heavy (non-hydrogen) atoms. The normalized spacial score (nSPS) is 12.0. The van der Waals surface area contributed by atoms with E-state index in [0.717, 1.165) is 30.0 Å². The Kier molecular flexibility index (Phi) is 3.81. The quantitative estimate of drug-likeness (QED) is 0.871. The monoisotopic (exact) mass is 258 g/mol. The van der Waals surface area contributed by atoms with Gasteiger partial charge in [0.05, 0.1) is 5.60 Å². The van der Waals surface area contributed by atoms with Crippen LogP contribution in [-0.2, 0) is 6.42 Å². The fourth-order valence-corrected chi connectivity index (χ4v) is 2.51. The van der Waals surface area contributed by atoms with E-state index >= 15 is 0 Å². The van der Waals surface area contributed by atoms with E-state index in [-0.39, 0.29) is 0 Å². The third kappa shape index (κ3) is 3.48. The van der Waals surface area contributed by atoms with E-state index in [1.165, 1.54) is 11.1 Å². The zero-order valence-corrected chi connectivity index (χ0v) is 11.9. The molecule has 2 aromatic rings. The van der Waals surface area contributed by atoms with Crippen LogP contribution in [0.25, 0.3) is 10.8 Å². The van der Waals surface area contributed by atoms with Gasteiger partial charge in [-0.3, -0.25) is 0 Å². The molecule has 0 unspecified atom stereocenters. The molecule has 0 aliphatic rings. The molecule has 0 spiro atoms. The molecule has 0 heterocycles. The average Bonchev–Trinajstić information content (AvgIpc) is 2.30. The number of fused-ring (bicyclic) bond motifs is 1. The van der Waals surface area contributed by atoms with Crippen molar-refractivity contribution in [2.45, 2.75) is 45.6 Å². The molecule has 0 aliphatic carbocycles. The lowest BCUT2D eigenvalue weighted by Gasteiger charge is -2.17. The molecule has 0 amide bonds. The summed E-state index contributed by atoms with van der Waals surface area (Å²) in [5.74, 6) is 0.307. The summed E-state index contributed by atoms with van der Waals surface area (Å²) in [6.07, 6.45) is 2.65. The van der Waals surface area contributed by atoms with Crippen LogP contribution in [0.3, 0.4) is 0 Å². The van der Waals surface area contributed by atoms with Gasteiger partial charge in [0.15, 0.2) is 0 Å². The van der Waals surface area contributed by atoms with Crippen LogP contribution in [0, 0.1) is 6.92 Å². The molecule has 0 aromatic heterocycles. The van der Waals surface area contributed by atoms with E-state index in [9.17, 15) is 10.2 Å². The lowest BCUT2D eigenvalue weighted by molar-refractivity contribution is 0.0689. The number of phenolic OH excluding ortho intramolecular Hbond substituents is 1. The van der Waals surface area contributed by atoms with Crippen molar-refractivity contribution in [1.82, 2.24) is 0 Å². The fraction of sp³-hybridized carbons (Fsp3) is 0.412. The summed E-state index contributed by atoms with van der Waals surface area (Å²) >= 11 is 0. The van der Waals surface area contributed by atoms with Gasteiger partial charge in [-0.2, -0.15) is 0 Å². The maximum Gasteiger partial charge on any atom is 0.116 e. The smallest absolute Gasteiger partial charge is 0.116 e. The van der Waals surface area contributed by atoms with Gasteiger partial charge in [0.1, 0.15) is 5.75 Å². The predicted molar refractivity (Wildman–Crippen MR) is 79.6 cm³/mol. The Labute approximate surface area is 114 Å². The number of aliphatic hydroxyl groups is 1. The van der Waals surface area contributed by atoms with Crippen molar-refractivity contribution >= 4 is 10.8 Å². The highest BCUT2D eigenvalue weighted by Crippen LogP contribution is 2.27. The molecule has 0 atom stereocenters. The third-order valence-electron chi connectivity index (χ3n) is 3.57. The molecule has 2 rings (SSSR count). The molecule has 2 N–H and O–H groups in total. The maximum atomic E-state index is 9.78. The molecular weight excluding hydrogens is 236 g/mol. The number of aromatic hydroxyl groups is 1. The van der Waals surface area contributed by atoms with Crippen molar-refractivity contribution in [3.63, 3.8) is 0 Å². The Hall–Kier alpha value is -1.54. The highest BCUT2D eigenvalue weighted by atomic mass is 16.3. The first-order valence-electron chi connectivity index (χ1n) is 6.80. The summed E-state index contributed by atoms with van der Waals surface area (Å²) in [5.41, 5.74) is 1.91. The van der Waals surface area contributed by atoms with Crippen LogP contribution in [0.15, 0.2) is 30.3 Å². The van der Waals surface area contributed by atoms with Gasteiger partial charge in [-0.05, 0) is 74.1 Å². The second-order valence-corrected chi connectivity index (χ2v) is 5.93. The molecule has 102 valence electrons. The molecule has 0 saturated heterocycles. The van der Waals surface area contributed by atoms with E-state index in [1.807, 2.05) is 26.0 Å². The second kappa shape index (κ2) is 5.22. The van der Waals surface area contributed by atoms with Gasteiger partial charge in [-0.15, -0.1) is 0 Å². The van der Waals surface area contributed by atoms with Gasteiger partial charge in [-0.1, -0.05) is 18.2 Å². The lowest BCUT2D eigenvalue weighted by atomic mass is 9.93. The Morgan fingerprint density at radius 3 is 2.47 bits per heavy atom. The number of benzene rings is 2. The lowest BCUT2D eigenvalue weighted by Crippen LogP contribution is -2.18. The van der Waals surface area contributed by atoms with Gasteiger partial charge < -0.3 is 10.2 Å². The number of aryl methyl sites for hydroxylation is 2. The van der Waals surface area contributed by atoms with Crippen LogP contribution in [0.1, 0.15) is 37.8 Å². The Bertz CT molecular complexity index is 574. The number of rotatable bonds is 4. The molecule has 0 bridgehead atoms. The van der Waals surface area contributed by atoms with Crippen LogP contribution in [0.5, 0.6) is 5.75 Å². The topological polar surface area (TPSA) is 40.5 Å². The summed E-state index contributed by atoms with van der Waals surface area (Å²) in [4.78, 5) is 0. The Balaban J connectivity index is 2.30. The minimum Gasteiger partial charge on any atom is -0.508 e. The van der Waals surface area contributed by atoms with E-state index in [2.05, 4.69) is 19.1 Å². The van der Waals surface area contributed by atoms with Crippen molar-refractivity contribution in [3.8, 4) is 5.75 Å². The van der Waals surface area contributed by atoms with E-state index in [0.29, 0.717) is 5.75 Å². The van der Waals surface area contributed by atoms with Gasteiger partial charge in [0, 0.05) is 0 Å². The van der Waals surface area contributed by atoms with Gasteiger partial charge in [0.25, 0.3) is 0 Å². The van der Waals surface area contributed by atoms with Crippen molar-refractivity contribution < 1.29 is 10.2 Å². The minimum atomic E-state index is -0.610. The van der Waals surface area contributed by atoms with Crippen molar-refractivity contribution in [2.75, 3.05) is 0 Å². The molecule has 0 fully saturated rings. The predicted octanol–water partition coefficient (Wildman–Crippen LogP) is 3.95. The second-order valence-electron chi connectivity index (χ2n) is 5.93. The highest BCUT2D eigenvalue weighted by molar-refractivity contribution is 5.88. The number of hydrogen-bond acceptors (Lipinski definition) is 2. The molecule has 0 saturated carbocycles. The SMILES string of the molecule is Cc1ccc2ccc(O)cc2c1CCCC(C)(C)O. The van der Waals surface area contributed by atoms with Gasteiger partial charge in [0.2, 0.25) is 0 Å². The average molecular weight is 258 g/mol. The Morgan fingerprint density at radius 2 is 1.79 bits per heavy atom. The number of phenols is 1. The highest BCUT2D eigenvalue weighted by Gasteiger charge is 2.13. The van der Waals surface area contributed by atoms with Crippen molar-refractivity contribution in [1.29, 1.82) is 0 Å². The van der Waals surface area contributed by atoms with Gasteiger partial charge in [-0.25, -0.2) is 0 Å². The summed E-state index contributed by atoms with van der Waals surface area (Å²) in [6.45, 7) is 5.78. The third-order valence-corrected chi connectivity index (χ3v) is 3.57. The van der Waals surface area contributed by atoms with Crippen LogP contribution in [0.4, 0.5) is 0 Å². The van der Waals surface area contributed by atoms with Crippen LogP contribution < -0.4 is 0 Å². The fourth-order valence-electron chi connectivity index (χ4n) is 2.51. The first kappa shape index (κ1) is 13.9. The first-order chi connectivity index (χ1) is 8.87. The minimum absolute atomic E-state index is 0.307. The molecular formula is C17H22O2. The summed E-state index contributed by atoms with van der Waals surface area (Å²) in [6, 6.07) is 9.71. The molecule has 2 heteroatoms. The number of hydrogen-bond donors (Lipinski definition) is 2. The molecule has 0 aliphatic heterocycles. The van der Waals surface area contributed by atoms with Crippen molar-refractivity contribution in [3.05, 3.63) is 41.5 Å². The zero-order valence-electron chi connectivity index (χ0n) is 11.9.